The molecular formula is C21H15Cl2I2N2O2Zr. The van der Waals surface area contributed by atoms with Crippen molar-refractivity contribution in [3.63, 3.8) is 0 Å². The number of aromatic nitrogens is 2. The molecule has 0 N–H and O–H groups in total. The second kappa shape index (κ2) is 9.73. The summed E-state index contributed by atoms with van der Waals surface area (Å²) in [5.74, 6) is 1.47. The summed E-state index contributed by atoms with van der Waals surface area (Å²) in [6.45, 7) is 4.26. The van der Waals surface area contributed by atoms with Crippen molar-refractivity contribution in [2.24, 2.45) is 0 Å². The third-order valence-corrected chi connectivity index (χ3v) is 10.9. The van der Waals surface area contributed by atoms with Crippen LogP contribution in [0.2, 0.25) is 13.7 Å². The standard InChI is InChI=1S/2C9H5ClINO.C3H7.Zr/c2*10-6-4-7(11)9(13)8-5(6)2-1-3-12-8;1-3-2;/h2*1-4,13H;3H,1-2H3;/q;;;+2/p-2. The third kappa shape index (κ3) is 4.61. The van der Waals surface area contributed by atoms with Crippen LogP contribution in [-0.4, -0.2) is 9.97 Å². The molecule has 4 nitrogen and oxygen atoms in total. The summed E-state index contributed by atoms with van der Waals surface area (Å²) in [7, 11) is 0. The van der Waals surface area contributed by atoms with Crippen LogP contribution < -0.4 is 5.63 Å². The van der Waals surface area contributed by atoms with Gasteiger partial charge in [0.1, 0.15) is 0 Å². The number of rotatable bonds is 5. The maximum atomic E-state index is 6.59. The number of nitrogens with zero attached hydrogens (tertiary/aromatic N) is 2. The first-order chi connectivity index (χ1) is 14.4. The van der Waals surface area contributed by atoms with E-state index in [1.165, 1.54) is 0 Å². The Labute approximate surface area is 220 Å². The first kappa shape index (κ1) is 23.0. The minimum absolute atomic E-state index is 0.253. The Morgan fingerprint density at radius 1 is 0.833 bits per heavy atom. The molecule has 0 aliphatic carbocycles. The summed E-state index contributed by atoms with van der Waals surface area (Å²) in [4.78, 5) is 9.06. The van der Waals surface area contributed by atoms with Crippen molar-refractivity contribution in [2.45, 2.75) is 17.5 Å². The van der Waals surface area contributed by atoms with Crippen LogP contribution in [-0.2, 0) is 22.6 Å². The molecule has 0 saturated carbocycles. The van der Waals surface area contributed by atoms with E-state index in [0.29, 0.717) is 10.0 Å². The number of hydrogen-bond acceptors (Lipinski definition) is 4. The molecule has 2 aromatic heterocycles. The molecule has 2 heterocycles. The van der Waals surface area contributed by atoms with Gasteiger partial charge in [-0.15, -0.1) is 0 Å². The molecule has 0 saturated heterocycles. The van der Waals surface area contributed by atoms with E-state index < -0.39 is 22.6 Å². The van der Waals surface area contributed by atoms with Crippen LogP contribution in [0.1, 0.15) is 13.8 Å². The van der Waals surface area contributed by atoms with E-state index in [2.05, 4.69) is 69.0 Å². The molecule has 0 atom stereocenters. The molecule has 0 amide bonds. The van der Waals surface area contributed by atoms with E-state index in [4.69, 9.17) is 28.8 Å². The van der Waals surface area contributed by atoms with E-state index in [1.807, 2.05) is 36.4 Å². The van der Waals surface area contributed by atoms with Gasteiger partial charge in [0.05, 0.1) is 0 Å². The fourth-order valence-corrected chi connectivity index (χ4v) is 9.48. The maximum absolute atomic E-state index is 6.59. The van der Waals surface area contributed by atoms with Crippen LogP contribution in [0, 0.1) is 7.14 Å². The molecular weight excluding hydrogens is 728 g/mol. The molecule has 0 fully saturated rings. The molecule has 153 valence electrons. The zero-order valence-corrected chi connectivity index (χ0v) is 24.2. The van der Waals surface area contributed by atoms with Crippen molar-refractivity contribution in [3.8, 4) is 11.5 Å². The zero-order chi connectivity index (χ0) is 21.4. The van der Waals surface area contributed by atoms with Crippen molar-refractivity contribution >= 4 is 90.2 Å². The molecule has 9 heteroatoms. The fraction of sp³-hybridized carbons (Fsp3) is 0.143. The van der Waals surface area contributed by atoms with Crippen LogP contribution in [0.3, 0.4) is 0 Å². The quantitative estimate of drug-likeness (QED) is 0.194. The molecule has 0 spiro atoms. The zero-order valence-electron chi connectivity index (χ0n) is 15.9. The molecule has 0 unspecified atom stereocenters. The van der Waals surface area contributed by atoms with Gasteiger partial charge < -0.3 is 0 Å². The first-order valence-corrected chi connectivity index (χ1v) is 15.4. The molecule has 30 heavy (non-hydrogen) atoms. The van der Waals surface area contributed by atoms with Gasteiger partial charge in [-0.2, -0.15) is 0 Å². The van der Waals surface area contributed by atoms with Gasteiger partial charge in [0.15, 0.2) is 0 Å². The van der Waals surface area contributed by atoms with E-state index in [9.17, 15) is 0 Å². The summed E-state index contributed by atoms with van der Waals surface area (Å²) in [6, 6.07) is 11.5. The van der Waals surface area contributed by atoms with Crippen LogP contribution >= 0.6 is 68.4 Å². The van der Waals surface area contributed by atoms with Crippen LogP contribution in [0.15, 0.2) is 48.8 Å². The fourth-order valence-electron chi connectivity index (χ4n) is 2.95. The Kier molecular flexibility index (Phi) is 7.45. The van der Waals surface area contributed by atoms with Gasteiger partial charge in [0, 0.05) is 0 Å². The average Bonchev–Trinajstić information content (AvgIpc) is 2.72. The van der Waals surface area contributed by atoms with E-state index in [-0.39, 0.29) is 3.63 Å². The second-order valence-electron chi connectivity index (χ2n) is 6.82. The van der Waals surface area contributed by atoms with Gasteiger partial charge in [-0.1, -0.05) is 0 Å². The Balaban J connectivity index is 1.78. The molecule has 0 aliphatic heterocycles. The van der Waals surface area contributed by atoms with Gasteiger partial charge in [-0.3, -0.25) is 0 Å². The summed E-state index contributed by atoms with van der Waals surface area (Å²) in [5, 5.41) is 3.06. The van der Waals surface area contributed by atoms with Crippen LogP contribution in [0.25, 0.3) is 21.8 Å². The second-order valence-corrected chi connectivity index (χ2v) is 15.4. The van der Waals surface area contributed by atoms with Crippen molar-refractivity contribution in [2.75, 3.05) is 0 Å². The number of fused-ring (bicyclic) bond motifs is 2. The predicted molar refractivity (Wildman–Crippen MR) is 135 cm³/mol. The van der Waals surface area contributed by atoms with Crippen molar-refractivity contribution < 1.29 is 28.3 Å². The molecule has 4 aromatic rings. The average molecular weight is 743 g/mol. The van der Waals surface area contributed by atoms with Gasteiger partial charge >= 0.3 is 223 Å². The Morgan fingerprint density at radius 2 is 1.27 bits per heavy atom. The number of hydrogen-bond donors (Lipinski definition) is 0. The summed E-state index contributed by atoms with van der Waals surface area (Å²) in [6.07, 6.45) is 3.50. The summed E-state index contributed by atoms with van der Waals surface area (Å²) in [5.41, 5.74) is 1.51. The Bertz CT molecular complexity index is 1160. The van der Waals surface area contributed by atoms with Crippen molar-refractivity contribution in [3.05, 3.63) is 66.0 Å². The Morgan fingerprint density at radius 3 is 1.67 bits per heavy atom. The van der Waals surface area contributed by atoms with E-state index >= 15 is 0 Å². The SMILES string of the molecule is C[CH](C)[Zr]([O]c1c(I)cc(Cl)c2cccnc12)[O]c1c(I)cc(Cl)c2cccnc12. The molecule has 2 aromatic carbocycles. The van der Waals surface area contributed by atoms with Gasteiger partial charge in [-0.25, -0.2) is 0 Å². The number of benzene rings is 2. The van der Waals surface area contributed by atoms with Crippen LogP contribution in [0.5, 0.6) is 11.5 Å². The molecule has 0 radical (unpaired) electrons. The van der Waals surface area contributed by atoms with Crippen molar-refractivity contribution in [1.82, 2.24) is 9.97 Å². The summed E-state index contributed by atoms with van der Waals surface area (Å²) >= 11 is 14.4. The molecule has 4 rings (SSSR count). The first-order valence-electron chi connectivity index (χ1n) is 9.04. The van der Waals surface area contributed by atoms with Gasteiger partial charge in [-0.05, 0) is 0 Å². The van der Waals surface area contributed by atoms with Crippen molar-refractivity contribution in [1.29, 1.82) is 0 Å². The minimum atomic E-state index is -2.94. The number of pyridine rings is 2. The molecule has 0 aliphatic rings. The monoisotopic (exact) mass is 741 g/mol. The molecule has 0 bridgehead atoms. The van der Waals surface area contributed by atoms with E-state index in [1.54, 1.807) is 12.4 Å². The Hall–Kier alpha value is -0.217. The summed E-state index contributed by atoms with van der Waals surface area (Å²) < 4.78 is 15.3. The van der Waals surface area contributed by atoms with Crippen LogP contribution in [0.4, 0.5) is 0 Å². The predicted octanol–water partition coefficient (Wildman–Crippen LogP) is 8.03. The third-order valence-electron chi connectivity index (χ3n) is 4.38. The van der Waals surface area contributed by atoms with Gasteiger partial charge in [0.25, 0.3) is 0 Å². The topological polar surface area (TPSA) is 44.2 Å². The van der Waals surface area contributed by atoms with Gasteiger partial charge in [0.2, 0.25) is 0 Å². The normalized spacial score (nSPS) is 11.3. The number of halogens is 4. The van der Waals surface area contributed by atoms with E-state index in [0.717, 1.165) is 40.4 Å².